The Bertz CT molecular complexity index is 226. The second-order valence-corrected chi connectivity index (χ2v) is 4.40. The highest BCUT2D eigenvalue weighted by Crippen LogP contribution is 2.22. The molecule has 2 fully saturated rings. The van der Waals surface area contributed by atoms with Gasteiger partial charge in [0.2, 0.25) is 0 Å². The van der Waals surface area contributed by atoms with Crippen molar-refractivity contribution in [1.29, 1.82) is 0 Å². The predicted octanol–water partition coefficient (Wildman–Crippen LogP) is 0.849. The molecule has 2 atom stereocenters. The summed E-state index contributed by atoms with van der Waals surface area (Å²) in [5.41, 5.74) is 0. The van der Waals surface area contributed by atoms with E-state index in [1.165, 1.54) is 12.8 Å². The average molecular weight is 213 g/mol. The van der Waals surface area contributed by atoms with Crippen LogP contribution in [0.1, 0.15) is 32.1 Å². The summed E-state index contributed by atoms with van der Waals surface area (Å²) in [6.07, 6.45) is 5.51. The zero-order valence-electron chi connectivity index (χ0n) is 9.20. The lowest BCUT2D eigenvalue weighted by Crippen LogP contribution is -2.34. The van der Waals surface area contributed by atoms with Crippen LogP contribution in [0.2, 0.25) is 0 Å². The van der Waals surface area contributed by atoms with Crippen LogP contribution in [0.4, 0.5) is 0 Å². The fraction of sp³-hybridized carbons (Fsp3) is 0.909. The molecule has 4 nitrogen and oxygen atoms in total. The smallest absolute Gasteiger partial charge is 0.323 e. The van der Waals surface area contributed by atoms with Gasteiger partial charge in [-0.05, 0) is 25.7 Å². The van der Waals surface area contributed by atoms with Crippen LogP contribution in [-0.4, -0.2) is 37.9 Å². The van der Waals surface area contributed by atoms with Gasteiger partial charge in [0.15, 0.2) is 0 Å². The molecule has 2 unspecified atom stereocenters. The Kier molecular flexibility index (Phi) is 3.59. The van der Waals surface area contributed by atoms with Crippen LogP contribution in [0.5, 0.6) is 0 Å². The fourth-order valence-corrected chi connectivity index (χ4v) is 2.31. The lowest BCUT2D eigenvalue weighted by Gasteiger charge is -2.15. The standard InChI is InChI=1S/C11H19NO3/c1-14-9-6-10(12-7-9)11(13)15-8-4-2-3-5-8/h8-10,12H,2-7H2,1H3. The summed E-state index contributed by atoms with van der Waals surface area (Å²) in [7, 11) is 1.68. The Labute approximate surface area is 90.3 Å². The molecule has 1 aliphatic heterocycles. The maximum Gasteiger partial charge on any atom is 0.323 e. The van der Waals surface area contributed by atoms with Crippen molar-refractivity contribution >= 4 is 5.97 Å². The van der Waals surface area contributed by atoms with Crippen molar-refractivity contribution in [1.82, 2.24) is 5.32 Å². The predicted molar refractivity (Wildman–Crippen MR) is 55.6 cm³/mol. The van der Waals surface area contributed by atoms with Gasteiger partial charge in [-0.2, -0.15) is 0 Å². The molecule has 1 saturated carbocycles. The van der Waals surface area contributed by atoms with E-state index < -0.39 is 0 Å². The monoisotopic (exact) mass is 213 g/mol. The van der Waals surface area contributed by atoms with Crippen LogP contribution in [0.15, 0.2) is 0 Å². The van der Waals surface area contributed by atoms with E-state index in [0.29, 0.717) is 0 Å². The zero-order chi connectivity index (χ0) is 10.7. The number of ether oxygens (including phenoxy) is 2. The first-order valence-corrected chi connectivity index (χ1v) is 5.76. The molecule has 0 aromatic rings. The topological polar surface area (TPSA) is 47.6 Å². The number of methoxy groups -OCH3 is 1. The van der Waals surface area contributed by atoms with E-state index in [4.69, 9.17) is 9.47 Å². The van der Waals surface area contributed by atoms with Gasteiger partial charge in [-0.1, -0.05) is 0 Å². The minimum atomic E-state index is -0.157. The summed E-state index contributed by atoms with van der Waals surface area (Å²) in [6, 6.07) is -0.157. The molecule has 1 saturated heterocycles. The number of carbonyl (C=O) groups is 1. The molecule has 2 aliphatic rings. The van der Waals surface area contributed by atoms with Gasteiger partial charge in [-0.15, -0.1) is 0 Å². The summed E-state index contributed by atoms with van der Waals surface area (Å²) in [6.45, 7) is 0.751. The highest BCUT2D eigenvalue weighted by atomic mass is 16.5. The summed E-state index contributed by atoms with van der Waals surface area (Å²) >= 11 is 0. The SMILES string of the molecule is COC1CNC(C(=O)OC2CCCC2)C1. The van der Waals surface area contributed by atoms with E-state index in [0.717, 1.165) is 25.8 Å². The molecule has 0 aromatic heterocycles. The van der Waals surface area contributed by atoms with Crippen molar-refractivity contribution in [3.8, 4) is 0 Å². The van der Waals surface area contributed by atoms with Crippen molar-refractivity contribution in [3.63, 3.8) is 0 Å². The normalized spacial score (nSPS) is 32.1. The molecule has 15 heavy (non-hydrogen) atoms. The van der Waals surface area contributed by atoms with Gasteiger partial charge in [0.25, 0.3) is 0 Å². The Morgan fingerprint density at radius 1 is 1.27 bits per heavy atom. The molecule has 2 rings (SSSR count). The first-order chi connectivity index (χ1) is 7.29. The first kappa shape index (κ1) is 10.9. The summed E-state index contributed by atoms with van der Waals surface area (Å²) in [5.74, 6) is -0.0959. The Hall–Kier alpha value is -0.610. The Morgan fingerprint density at radius 2 is 2.00 bits per heavy atom. The highest BCUT2D eigenvalue weighted by molar-refractivity contribution is 5.76. The quantitative estimate of drug-likeness (QED) is 0.706. The molecule has 0 amide bonds. The molecule has 1 heterocycles. The van der Waals surface area contributed by atoms with Gasteiger partial charge < -0.3 is 14.8 Å². The van der Waals surface area contributed by atoms with Crippen molar-refractivity contribution < 1.29 is 14.3 Å². The molecule has 0 aromatic carbocycles. The lowest BCUT2D eigenvalue weighted by molar-refractivity contribution is -0.151. The maximum absolute atomic E-state index is 11.7. The highest BCUT2D eigenvalue weighted by Gasteiger charge is 2.32. The second-order valence-electron chi connectivity index (χ2n) is 4.40. The van der Waals surface area contributed by atoms with Crippen molar-refractivity contribution in [3.05, 3.63) is 0 Å². The van der Waals surface area contributed by atoms with Crippen molar-refractivity contribution in [2.45, 2.75) is 50.4 Å². The first-order valence-electron chi connectivity index (χ1n) is 5.76. The second kappa shape index (κ2) is 4.94. The largest absolute Gasteiger partial charge is 0.461 e. The van der Waals surface area contributed by atoms with E-state index in [2.05, 4.69) is 5.32 Å². The molecule has 0 spiro atoms. The van der Waals surface area contributed by atoms with Crippen molar-refractivity contribution in [2.75, 3.05) is 13.7 Å². The Balaban J connectivity index is 1.76. The number of esters is 1. The molecule has 0 bridgehead atoms. The van der Waals surface area contributed by atoms with E-state index >= 15 is 0 Å². The van der Waals surface area contributed by atoms with Crippen LogP contribution in [0.3, 0.4) is 0 Å². The van der Waals surface area contributed by atoms with E-state index in [1.54, 1.807) is 7.11 Å². The van der Waals surface area contributed by atoms with Gasteiger partial charge in [0.05, 0.1) is 6.10 Å². The number of rotatable bonds is 3. The average Bonchev–Trinajstić information content (AvgIpc) is 2.86. The van der Waals surface area contributed by atoms with Crippen LogP contribution in [-0.2, 0) is 14.3 Å². The molecular weight excluding hydrogens is 194 g/mol. The summed E-state index contributed by atoms with van der Waals surface area (Å²) < 4.78 is 10.6. The molecular formula is C11H19NO3. The number of nitrogens with one attached hydrogen (secondary N) is 1. The third-order valence-corrected chi connectivity index (χ3v) is 3.29. The van der Waals surface area contributed by atoms with Gasteiger partial charge in [-0.3, -0.25) is 4.79 Å². The third-order valence-electron chi connectivity index (χ3n) is 3.29. The minimum absolute atomic E-state index is 0.0959. The number of hydrogen-bond acceptors (Lipinski definition) is 4. The summed E-state index contributed by atoms with van der Waals surface area (Å²) in [4.78, 5) is 11.7. The van der Waals surface area contributed by atoms with E-state index in [-0.39, 0.29) is 24.2 Å². The minimum Gasteiger partial charge on any atom is -0.461 e. The van der Waals surface area contributed by atoms with Gasteiger partial charge in [0.1, 0.15) is 12.1 Å². The van der Waals surface area contributed by atoms with Crippen LogP contribution >= 0.6 is 0 Å². The van der Waals surface area contributed by atoms with Crippen molar-refractivity contribution in [2.24, 2.45) is 0 Å². The molecule has 1 aliphatic carbocycles. The fourth-order valence-electron chi connectivity index (χ4n) is 2.31. The Morgan fingerprint density at radius 3 is 2.60 bits per heavy atom. The zero-order valence-corrected chi connectivity index (χ0v) is 9.20. The van der Waals surface area contributed by atoms with Crippen LogP contribution < -0.4 is 5.32 Å². The summed E-state index contributed by atoms with van der Waals surface area (Å²) in [5, 5.41) is 3.13. The number of carbonyl (C=O) groups excluding carboxylic acids is 1. The van der Waals surface area contributed by atoms with Crippen LogP contribution in [0, 0.1) is 0 Å². The van der Waals surface area contributed by atoms with Gasteiger partial charge >= 0.3 is 5.97 Å². The van der Waals surface area contributed by atoms with Crippen LogP contribution in [0.25, 0.3) is 0 Å². The van der Waals surface area contributed by atoms with E-state index in [9.17, 15) is 4.79 Å². The molecule has 86 valence electrons. The molecule has 1 N–H and O–H groups in total. The molecule has 0 radical (unpaired) electrons. The van der Waals surface area contributed by atoms with Gasteiger partial charge in [-0.25, -0.2) is 0 Å². The molecule has 4 heteroatoms. The lowest BCUT2D eigenvalue weighted by atomic mass is 10.2. The third kappa shape index (κ3) is 2.69. The van der Waals surface area contributed by atoms with E-state index in [1.807, 2.05) is 0 Å². The van der Waals surface area contributed by atoms with Gasteiger partial charge in [0, 0.05) is 20.1 Å². The maximum atomic E-state index is 11.7. The number of hydrogen-bond donors (Lipinski definition) is 1.